The van der Waals surface area contributed by atoms with Crippen molar-refractivity contribution < 1.29 is 87.7 Å². The van der Waals surface area contributed by atoms with Crippen LogP contribution in [0.4, 0.5) is 39.3 Å². The van der Waals surface area contributed by atoms with Crippen LogP contribution in [0.3, 0.4) is 0 Å². The van der Waals surface area contributed by atoms with Crippen molar-refractivity contribution in [1.29, 1.82) is 5.26 Å². The average molecular weight is 1320 g/mol. The number of thiazole rings is 1. The highest BCUT2D eigenvalue weighted by Crippen LogP contribution is 2.46. The number of hydrogen-bond donors (Lipinski definition) is 8. The number of nitriles is 1. The van der Waals surface area contributed by atoms with Gasteiger partial charge in [-0.3, -0.25) is 31.7 Å². The summed E-state index contributed by atoms with van der Waals surface area (Å²) in [7, 11) is -29.5. The fourth-order valence-corrected chi connectivity index (χ4v) is 13.9. The Morgan fingerprint density at radius 3 is 1.94 bits per heavy atom. The molecule has 3 heterocycles. The lowest BCUT2D eigenvalue weighted by atomic mass is 10.1. The fourth-order valence-electron chi connectivity index (χ4n) is 7.89. The lowest BCUT2D eigenvalue weighted by molar-refractivity contribution is 0.317. The third kappa shape index (κ3) is 13.7. The first-order valence-electron chi connectivity index (χ1n) is 22.5. The van der Waals surface area contributed by atoms with Crippen molar-refractivity contribution in [2.75, 3.05) is 29.6 Å². The smallest absolute Gasteiger partial charge is 0.296 e. The Labute approximate surface area is 481 Å². The quantitative estimate of drug-likeness (QED) is 0.0116. The second-order valence-electron chi connectivity index (χ2n) is 17.3. The van der Waals surface area contributed by atoms with Crippen LogP contribution in [0.25, 0.3) is 37.7 Å². The van der Waals surface area contributed by atoms with Gasteiger partial charge >= 0.3 is 0 Å². The summed E-state index contributed by atoms with van der Waals surface area (Å²) >= 11 is 7.90. The molecule has 0 aliphatic heterocycles. The average Bonchev–Trinajstić information content (AvgIpc) is 1.99. The highest BCUT2D eigenvalue weighted by atomic mass is 35.5. The van der Waals surface area contributed by atoms with Gasteiger partial charge < -0.3 is 15.6 Å². The van der Waals surface area contributed by atoms with Crippen LogP contribution in [0.5, 0.6) is 11.6 Å². The molecule has 438 valence electrons. The maximum atomic E-state index is 12.6. The molecule has 83 heavy (non-hydrogen) atoms. The molecule has 0 bridgehead atoms. The summed E-state index contributed by atoms with van der Waals surface area (Å²) in [5.41, 5.74) is 4.37. The SMILES string of the molecule is Cc1cc(N=Nc2c(C)c(C#N)c3nc4c(S(=O)(=O)O)ccc(Cl)c4n3c2O)c(OCCCS(=O)(=O)O)cc1N=Nc1cc(N)c(N=Nc2nc3c(S(=O)(=O)O)cc4c(S(=O)(=O)O)cc(S(=O)(=O)O)cc4c3s2)cc1SCCCS(=O)(=O)O. The molecule has 31 nitrogen and oxygen atoms in total. The standard InChI is InChI=1S/C43H36ClN11O20S8/c1-19-11-29(51-53-36-20(2)24(18-45)41-47-37-33(81(66,67)68)6-5-25(44)39(37)55(41)42(36)56)31(75-7-3-9-78(57,58)59)16-27(19)49-52-30-15-26(46)28(17-32(30)76-8-4-10-79(60,61)62)50-54-43-48-38-35(83(72,73)74)14-22-23(40(38)77-43)12-21(80(63,64)65)13-34(22)82(69,70)71/h5-6,11-17,56H,3-4,7-10,46H2,1-2H3,(H,57,58,59)(H,60,61,62)(H,63,64,65)(H,66,67,68)(H,69,70,71)(H,72,73,74). The van der Waals surface area contributed by atoms with E-state index in [1.807, 2.05) is 6.07 Å². The van der Waals surface area contributed by atoms with Gasteiger partial charge in [-0.05, 0) is 86.5 Å². The molecular formula is C43H36ClN11O20S8. The second kappa shape index (κ2) is 22.9. The van der Waals surface area contributed by atoms with E-state index in [0.29, 0.717) is 29.0 Å². The number of nitrogens with two attached hydrogens (primary N) is 1. The Balaban J connectivity index is 1.21. The van der Waals surface area contributed by atoms with Gasteiger partial charge in [0, 0.05) is 27.3 Å². The minimum atomic E-state index is -5.33. The third-order valence-corrected chi connectivity index (χ3v) is 19.1. The van der Waals surface area contributed by atoms with E-state index >= 15 is 0 Å². The van der Waals surface area contributed by atoms with E-state index in [9.17, 15) is 88.2 Å². The number of ether oxygens (including phenoxy) is 1. The van der Waals surface area contributed by atoms with Crippen LogP contribution in [-0.2, 0) is 60.7 Å². The molecule has 8 rings (SSSR count). The number of hydrogen-bond acceptors (Lipinski definition) is 26. The molecule has 0 unspecified atom stereocenters. The van der Waals surface area contributed by atoms with Gasteiger partial charge in [0.2, 0.25) is 11.0 Å². The highest BCUT2D eigenvalue weighted by molar-refractivity contribution is 7.99. The van der Waals surface area contributed by atoms with Crippen molar-refractivity contribution in [3.63, 3.8) is 0 Å². The predicted molar refractivity (Wildman–Crippen MR) is 298 cm³/mol. The van der Waals surface area contributed by atoms with E-state index in [4.69, 9.17) is 22.1 Å². The first kappa shape index (κ1) is 62.0. The summed E-state index contributed by atoms with van der Waals surface area (Å²) in [6.07, 6.45) is -0.353. The summed E-state index contributed by atoms with van der Waals surface area (Å²) in [5.74, 6) is -2.23. The third-order valence-electron chi connectivity index (χ3n) is 11.6. The van der Waals surface area contributed by atoms with Gasteiger partial charge in [-0.25, -0.2) is 9.97 Å². The predicted octanol–water partition coefficient (Wildman–Crippen LogP) is 8.94. The lowest BCUT2D eigenvalue weighted by Crippen LogP contribution is -2.08. The van der Waals surface area contributed by atoms with Gasteiger partial charge in [0.25, 0.3) is 60.7 Å². The first-order valence-corrected chi connectivity index (χ1v) is 33.7. The van der Waals surface area contributed by atoms with E-state index in [1.54, 1.807) is 0 Å². The minimum Gasteiger partial charge on any atom is -0.493 e. The molecule has 0 atom stereocenters. The zero-order valence-electron chi connectivity index (χ0n) is 41.6. The number of anilines is 1. The maximum absolute atomic E-state index is 12.6. The molecule has 3 aromatic heterocycles. The van der Waals surface area contributed by atoms with Gasteiger partial charge in [0.1, 0.15) is 60.2 Å². The number of aromatic hydroxyl groups is 1. The number of benzene rings is 5. The van der Waals surface area contributed by atoms with Gasteiger partial charge in [0.05, 0.1) is 49.6 Å². The second-order valence-corrected chi connectivity index (χ2v) is 28.6. The number of nitrogen functional groups attached to an aromatic ring is 1. The molecule has 0 aliphatic rings. The topological polar surface area (TPSA) is 510 Å². The van der Waals surface area contributed by atoms with E-state index in [2.05, 4.69) is 40.7 Å². The van der Waals surface area contributed by atoms with Gasteiger partial charge in [-0.1, -0.05) is 22.9 Å². The molecule has 0 fully saturated rings. The highest BCUT2D eigenvalue weighted by Gasteiger charge is 2.29. The summed E-state index contributed by atoms with van der Waals surface area (Å²) in [4.78, 5) is 4.62. The number of halogens is 1. The number of aromatic nitrogens is 3. The number of pyridine rings is 1. The number of fused-ring (bicyclic) bond motifs is 6. The van der Waals surface area contributed by atoms with E-state index in [1.165, 1.54) is 38.1 Å². The van der Waals surface area contributed by atoms with Crippen molar-refractivity contribution in [3.05, 3.63) is 76.3 Å². The summed E-state index contributed by atoms with van der Waals surface area (Å²) in [6.45, 7) is 2.55. The largest absolute Gasteiger partial charge is 0.493 e. The van der Waals surface area contributed by atoms with Crippen molar-refractivity contribution in [1.82, 2.24) is 14.4 Å². The molecule has 5 aromatic carbocycles. The van der Waals surface area contributed by atoms with Crippen LogP contribution in [0.15, 0.2) is 110 Å². The molecule has 8 aromatic rings. The summed E-state index contributed by atoms with van der Waals surface area (Å²) in [6, 6.07) is 11.0. The van der Waals surface area contributed by atoms with Crippen LogP contribution in [0, 0.1) is 25.2 Å². The molecule has 0 amide bonds. The van der Waals surface area contributed by atoms with Crippen LogP contribution < -0.4 is 10.5 Å². The van der Waals surface area contributed by atoms with E-state index in [-0.39, 0.29) is 107 Å². The molecule has 9 N–H and O–H groups in total. The van der Waals surface area contributed by atoms with E-state index < -0.39 is 119 Å². The maximum Gasteiger partial charge on any atom is 0.296 e. The van der Waals surface area contributed by atoms with Crippen LogP contribution >= 0.6 is 34.7 Å². The Morgan fingerprint density at radius 1 is 0.687 bits per heavy atom. The minimum absolute atomic E-state index is 0.00434. The Kier molecular flexibility index (Phi) is 17.1. The van der Waals surface area contributed by atoms with Gasteiger partial charge in [0.15, 0.2) is 11.3 Å². The van der Waals surface area contributed by atoms with Crippen molar-refractivity contribution >= 4 is 172 Å². The van der Waals surface area contributed by atoms with E-state index in [0.717, 1.165) is 34.4 Å². The molecule has 0 saturated heterocycles. The Morgan fingerprint density at radius 2 is 1.31 bits per heavy atom. The van der Waals surface area contributed by atoms with Crippen LogP contribution in [-0.4, -0.2) is 121 Å². The monoisotopic (exact) mass is 1320 g/mol. The zero-order chi connectivity index (χ0) is 61.1. The summed E-state index contributed by atoms with van der Waals surface area (Å²) < 4.78 is 210. The molecule has 0 spiro atoms. The Bertz CT molecular complexity index is 4950. The normalized spacial score (nSPS) is 13.3. The molecular weight excluding hydrogens is 1280 g/mol. The number of azo groups is 3. The number of thioether (sulfide) groups is 1. The van der Waals surface area contributed by atoms with Gasteiger partial charge in [-0.2, -0.15) is 60.9 Å². The molecule has 0 saturated carbocycles. The number of rotatable bonds is 20. The summed E-state index contributed by atoms with van der Waals surface area (Å²) in [5, 5.41) is 45.6. The molecule has 0 radical (unpaired) electrons. The zero-order valence-corrected chi connectivity index (χ0v) is 48.9. The van der Waals surface area contributed by atoms with Crippen molar-refractivity contribution in [2.24, 2.45) is 30.7 Å². The fraction of sp³-hybridized carbons (Fsp3) is 0.186. The lowest BCUT2D eigenvalue weighted by Gasteiger charge is -2.12. The number of aryl methyl sites for hydroxylation is 1. The first-order chi connectivity index (χ1) is 38.4. The van der Waals surface area contributed by atoms with Crippen LogP contribution in [0.1, 0.15) is 29.5 Å². The number of imidazole rings is 1. The number of nitrogens with zero attached hydrogens (tertiary/aromatic N) is 10. The van der Waals surface area contributed by atoms with Crippen molar-refractivity contribution in [2.45, 2.75) is 51.2 Å². The van der Waals surface area contributed by atoms with Crippen molar-refractivity contribution in [3.8, 4) is 17.7 Å². The molecule has 40 heteroatoms. The molecule has 0 aliphatic carbocycles. The van der Waals surface area contributed by atoms with Gasteiger partial charge in [-0.15, -0.1) is 37.3 Å². The Hall–Kier alpha value is -7.01. The van der Waals surface area contributed by atoms with Crippen LogP contribution in [0.2, 0.25) is 5.02 Å².